The molecule has 0 aliphatic carbocycles. The van der Waals surface area contributed by atoms with Crippen LogP contribution in [0, 0.1) is 0 Å². The molecule has 21 heavy (non-hydrogen) atoms. The van der Waals surface area contributed by atoms with Crippen molar-refractivity contribution in [2.24, 2.45) is 0 Å². The minimum atomic E-state index is -4.46. The molecular weight excluding hydrogens is 283 g/mol. The molecule has 1 aromatic carbocycles. The van der Waals surface area contributed by atoms with Crippen LogP contribution in [-0.2, 0) is 6.18 Å². The zero-order valence-electron chi connectivity index (χ0n) is 12.2. The molecule has 1 atom stereocenters. The highest BCUT2D eigenvalue weighted by Crippen LogP contribution is 2.43. The van der Waals surface area contributed by atoms with Gasteiger partial charge in [0.15, 0.2) is 0 Å². The summed E-state index contributed by atoms with van der Waals surface area (Å²) in [6, 6.07) is 2.54. The fraction of sp³-hybridized carbons (Fsp3) is 0.600. The quantitative estimate of drug-likeness (QED) is 0.922. The van der Waals surface area contributed by atoms with Crippen LogP contribution < -0.4 is 14.8 Å². The highest BCUT2D eigenvalue weighted by atomic mass is 19.4. The average molecular weight is 303 g/mol. The van der Waals surface area contributed by atoms with Crippen molar-refractivity contribution in [2.45, 2.75) is 31.9 Å². The number of ether oxygens (including phenoxy) is 2. The molecule has 1 aliphatic heterocycles. The van der Waals surface area contributed by atoms with E-state index >= 15 is 0 Å². The topological polar surface area (TPSA) is 30.5 Å². The van der Waals surface area contributed by atoms with Crippen molar-refractivity contribution in [3.8, 4) is 11.5 Å². The van der Waals surface area contributed by atoms with Crippen molar-refractivity contribution in [1.29, 1.82) is 0 Å². The number of piperidine rings is 1. The highest BCUT2D eigenvalue weighted by Gasteiger charge is 2.36. The smallest absolute Gasteiger partial charge is 0.420 e. The van der Waals surface area contributed by atoms with Gasteiger partial charge in [-0.1, -0.05) is 0 Å². The Balaban J connectivity index is 2.47. The maximum atomic E-state index is 13.1. The molecule has 0 aromatic heterocycles. The highest BCUT2D eigenvalue weighted by molar-refractivity contribution is 5.49. The van der Waals surface area contributed by atoms with E-state index < -0.39 is 11.7 Å². The first-order valence-corrected chi connectivity index (χ1v) is 7.10. The second-order valence-electron chi connectivity index (χ2n) is 5.06. The standard InChI is InChI=1S/C15H20F3NO2/c1-3-21-13-8-12(15(16,17)18)14(20-2)7-11(13)10-5-4-6-19-9-10/h7-8,10,19H,3-6,9H2,1-2H3/t10-/m1/s1. The van der Waals surface area contributed by atoms with Gasteiger partial charge in [0.1, 0.15) is 17.1 Å². The largest absolute Gasteiger partial charge is 0.496 e. The normalized spacial score (nSPS) is 19.4. The first kappa shape index (κ1) is 15.9. The summed E-state index contributed by atoms with van der Waals surface area (Å²) in [6.07, 6.45) is -2.53. The summed E-state index contributed by atoms with van der Waals surface area (Å²) in [6.45, 7) is 3.78. The van der Waals surface area contributed by atoms with E-state index in [1.807, 2.05) is 0 Å². The molecule has 2 rings (SSSR count). The van der Waals surface area contributed by atoms with E-state index in [4.69, 9.17) is 9.47 Å². The first-order chi connectivity index (χ1) is 9.97. The number of halogens is 3. The molecule has 1 heterocycles. The van der Waals surface area contributed by atoms with E-state index in [1.54, 1.807) is 6.92 Å². The lowest BCUT2D eigenvalue weighted by Crippen LogP contribution is -2.28. The van der Waals surface area contributed by atoms with Crippen molar-refractivity contribution in [1.82, 2.24) is 5.32 Å². The number of nitrogens with one attached hydrogen (secondary N) is 1. The van der Waals surface area contributed by atoms with Crippen LogP contribution in [0.2, 0.25) is 0 Å². The Morgan fingerprint density at radius 2 is 2.05 bits per heavy atom. The summed E-state index contributed by atoms with van der Waals surface area (Å²) in [5, 5.41) is 3.27. The van der Waals surface area contributed by atoms with E-state index in [-0.39, 0.29) is 11.7 Å². The van der Waals surface area contributed by atoms with Crippen molar-refractivity contribution < 1.29 is 22.6 Å². The second-order valence-corrected chi connectivity index (χ2v) is 5.06. The summed E-state index contributed by atoms with van der Waals surface area (Å²) in [5.41, 5.74) is -0.00475. The maximum absolute atomic E-state index is 13.1. The van der Waals surface area contributed by atoms with Crippen LogP contribution in [-0.4, -0.2) is 26.8 Å². The minimum absolute atomic E-state index is 0.147. The van der Waals surface area contributed by atoms with Gasteiger partial charge < -0.3 is 14.8 Å². The van der Waals surface area contributed by atoms with Crippen LogP contribution in [0.5, 0.6) is 11.5 Å². The third-order valence-electron chi connectivity index (χ3n) is 3.67. The van der Waals surface area contributed by atoms with Gasteiger partial charge >= 0.3 is 6.18 Å². The Bertz CT molecular complexity index is 483. The molecular formula is C15H20F3NO2. The summed E-state index contributed by atoms with van der Waals surface area (Å²) in [5.74, 6) is 0.308. The Morgan fingerprint density at radius 3 is 2.57 bits per heavy atom. The minimum Gasteiger partial charge on any atom is -0.496 e. The van der Waals surface area contributed by atoms with Crippen LogP contribution in [0.15, 0.2) is 12.1 Å². The molecule has 1 aromatic rings. The molecule has 1 N–H and O–H groups in total. The van der Waals surface area contributed by atoms with E-state index in [0.717, 1.165) is 37.6 Å². The number of hydrogen-bond donors (Lipinski definition) is 1. The van der Waals surface area contributed by atoms with Crippen LogP contribution in [0.1, 0.15) is 36.8 Å². The summed E-state index contributed by atoms with van der Waals surface area (Å²) >= 11 is 0. The third-order valence-corrected chi connectivity index (χ3v) is 3.67. The SMILES string of the molecule is CCOc1cc(C(F)(F)F)c(OC)cc1[C@@H]1CCCNC1. The van der Waals surface area contributed by atoms with Gasteiger partial charge in [-0.3, -0.25) is 0 Å². The predicted octanol–water partition coefficient (Wildman–Crippen LogP) is 3.58. The molecule has 0 bridgehead atoms. The Hall–Kier alpha value is -1.43. The van der Waals surface area contributed by atoms with E-state index in [2.05, 4.69) is 5.32 Å². The lowest BCUT2D eigenvalue weighted by atomic mass is 9.90. The molecule has 0 amide bonds. The Kier molecular flexibility index (Phi) is 4.98. The molecule has 0 unspecified atom stereocenters. The Morgan fingerprint density at radius 1 is 1.29 bits per heavy atom. The van der Waals surface area contributed by atoms with E-state index in [9.17, 15) is 13.2 Å². The van der Waals surface area contributed by atoms with Crippen LogP contribution in [0.4, 0.5) is 13.2 Å². The van der Waals surface area contributed by atoms with Crippen molar-refractivity contribution in [3.63, 3.8) is 0 Å². The van der Waals surface area contributed by atoms with Gasteiger partial charge in [-0.15, -0.1) is 0 Å². The third kappa shape index (κ3) is 3.61. The Labute approximate surface area is 122 Å². The second kappa shape index (κ2) is 6.56. The van der Waals surface area contributed by atoms with Gasteiger partial charge in [-0.05, 0) is 38.4 Å². The van der Waals surface area contributed by atoms with Crippen LogP contribution in [0.25, 0.3) is 0 Å². The average Bonchev–Trinajstić information content (AvgIpc) is 2.47. The lowest BCUT2D eigenvalue weighted by Gasteiger charge is -2.26. The van der Waals surface area contributed by atoms with Gasteiger partial charge in [0.05, 0.1) is 13.7 Å². The van der Waals surface area contributed by atoms with Crippen molar-refractivity contribution >= 4 is 0 Å². The van der Waals surface area contributed by atoms with E-state index in [1.165, 1.54) is 13.2 Å². The first-order valence-electron chi connectivity index (χ1n) is 7.10. The number of hydrogen-bond acceptors (Lipinski definition) is 3. The van der Waals surface area contributed by atoms with E-state index in [0.29, 0.717) is 12.4 Å². The molecule has 0 spiro atoms. The molecule has 0 radical (unpaired) electrons. The van der Waals surface area contributed by atoms with Crippen LogP contribution >= 0.6 is 0 Å². The fourth-order valence-corrected chi connectivity index (χ4v) is 2.68. The van der Waals surface area contributed by atoms with Gasteiger partial charge in [0.25, 0.3) is 0 Å². The predicted molar refractivity (Wildman–Crippen MR) is 74.0 cm³/mol. The molecule has 0 saturated carbocycles. The number of alkyl halides is 3. The molecule has 6 heteroatoms. The summed E-state index contributed by atoms with van der Waals surface area (Å²) in [7, 11) is 1.26. The molecule has 3 nitrogen and oxygen atoms in total. The summed E-state index contributed by atoms with van der Waals surface area (Å²) < 4.78 is 49.6. The van der Waals surface area contributed by atoms with Gasteiger partial charge in [0.2, 0.25) is 0 Å². The number of benzene rings is 1. The zero-order valence-corrected chi connectivity index (χ0v) is 12.2. The molecule has 118 valence electrons. The fourth-order valence-electron chi connectivity index (χ4n) is 2.68. The number of methoxy groups -OCH3 is 1. The molecule has 1 saturated heterocycles. The number of rotatable bonds is 4. The van der Waals surface area contributed by atoms with Gasteiger partial charge in [-0.25, -0.2) is 0 Å². The molecule has 1 aliphatic rings. The van der Waals surface area contributed by atoms with Crippen molar-refractivity contribution in [2.75, 3.05) is 26.8 Å². The summed E-state index contributed by atoms with van der Waals surface area (Å²) in [4.78, 5) is 0. The monoisotopic (exact) mass is 303 g/mol. The maximum Gasteiger partial charge on any atom is 0.420 e. The van der Waals surface area contributed by atoms with Gasteiger partial charge in [-0.2, -0.15) is 13.2 Å². The van der Waals surface area contributed by atoms with Crippen molar-refractivity contribution in [3.05, 3.63) is 23.3 Å². The van der Waals surface area contributed by atoms with Crippen LogP contribution in [0.3, 0.4) is 0 Å². The molecule has 1 fully saturated rings. The lowest BCUT2D eigenvalue weighted by molar-refractivity contribution is -0.138. The van der Waals surface area contributed by atoms with Gasteiger partial charge in [0, 0.05) is 18.0 Å². The zero-order chi connectivity index (χ0) is 15.5.